The van der Waals surface area contributed by atoms with E-state index in [1.54, 1.807) is 30.5 Å². The molecule has 0 saturated heterocycles. The largest absolute Gasteiger partial charge is 0.488 e. The normalized spacial score (nSPS) is 12.2. The van der Waals surface area contributed by atoms with Crippen LogP contribution in [0.2, 0.25) is 0 Å². The maximum atomic E-state index is 13.3. The number of rotatable bonds is 8. The van der Waals surface area contributed by atoms with Gasteiger partial charge in [-0.3, -0.25) is 14.9 Å². The Hall–Kier alpha value is -3.37. The first-order chi connectivity index (χ1) is 17.3. The average Bonchev–Trinajstić information content (AvgIpc) is 2.87. The molecule has 0 aliphatic heterocycles. The van der Waals surface area contributed by atoms with Gasteiger partial charge in [0.25, 0.3) is 11.2 Å². The third kappa shape index (κ3) is 5.71. The van der Waals surface area contributed by atoms with E-state index in [1.807, 2.05) is 38.1 Å². The highest BCUT2D eigenvalue weighted by Gasteiger charge is 2.15. The van der Waals surface area contributed by atoms with Crippen LogP contribution in [0.25, 0.3) is 10.9 Å². The highest BCUT2D eigenvalue weighted by atomic mass is 79.9. The number of fused-ring (bicyclic) bond motifs is 1. The number of halogens is 2. The summed E-state index contributed by atoms with van der Waals surface area (Å²) >= 11 is 6.94. The highest BCUT2D eigenvalue weighted by molar-refractivity contribution is 9.10. The maximum Gasteiger partial charge on any atom is 0.282 e. The van der Waals surface area contributed by atoms with Crippen molar-refractivity contribution in [2.45, 2.75) is 32.8 Å². The number of hydrogen-bond donors (Lipinski definition) is 0. The highest BCUT2D eigenvalue weighted by Crippen LogP contribution is 2.27. The summed E-state index contributed by atoms with van der Waals surface area (Å²) in [6, 6.07) is 17.1. The van der Waals surface area contributed by atoms with Crippen LogP contribution in [-0.4, -0.2) is 20.8 Å². The molecule has 1 heterocycles. The van der Waals surface area contributed by atoms with Gasteiger partial charge in [0.1, 0.15) is 18.2 Å². The molecule has 0 spiro atoms. The number of hydrogen-bond acceptors (Lipinski definition) is 6. The van der Waals surface area contributed by atoms with Crippen LogP contribution in [-0.2, 0) is 6.61 Å². The minimum Gasteiger partial charge on any atom is -0.488 e. The van der Waals surface area contributed by atoms with E-state index in [0.29, 0.717) is 26.9 Å². The molecule has 4 aromatic rings. The molecular formula is C26H22Br2N4O4. The van der Waals surface area contributed by atoms with Gasteiger partial charge in [0, 0.05) is 22.5 Å². The lowest BCUT2D eigenvalue weighted by Crippen LogP contribution is -2.23. The minimum atomic E-state index is -0.436. The van der Waals surface area contributed by atoms with E-state index >= 15 is 0 Å². The summed E-state index contributed by atoms with van der Waals surface area (Å²) in [5, 5.41) is 15.8. The number of ether oxygens (including phenoxy) is 1. The van der Waals surface area contributed by atoms with Gasteiger partial charge in [0.15, 0.2) is 0 Å². The second-order valence-corrected chi connectivity index (χ2v) is 9.97. The zero-order chi connectivity index (χ0) is 25.8. The van der Waals surface area contributed by atoms with E-state index in [2.05, 4.69) is 37.0 Å². The lowest BCUT2D eigenvalue weighted by Gasteiger charge is -2.14. The summed E-state index contributed by atoms with van der Waals surface area (Å²) in [4.78, 5) is 28.4. The first-order valence-corrected chi connectivity index (χ1v) is 12.8. The molecule has 1 atom stereocenters. The molecule has 0 aliphatic carbocycles. The molecule has 0 aliphatic rings. The smallest absolute Gasteiger partial charge is 0.282 e. The van der Waals surface area contributed by atoms with Gasteiger partial charge >= 0.3 is 0 Å². The number of nitro groups is 1. The number of non-ortho nitro benzene ring substituents is 1. The van der Waals surface area contributed by atoms with Crippen molar-refractivity contribution in [2.24, 2.45) is 5.10 Å². The standard InChI is InChI=1S/C26H22Br2N4O4/c1-3-16(2)25-30-23-10-7-19(27)13-21(23)26(33)31(25)29-14-18-6-11-24(22(28)12-18)36-15-17-4-8-20(9-5-17)32(34)35/h4-14,16H,3,15H2,1-2H3/t16-/m1/s1. The van der Waals surface area contributed by atoms with Crippen LogP contribution >= 0.6 is 31.9 Å². The van der Waals surface area contributed by atoms with Crippen LogP contribution in [0.4, 0.5) is 5.69 Å². The van der Waals surface area contributed by atoms with Crippen LogP contribution < -0.4 is 10.3 Å². The van der Waals surface area contributed by atoms with Crippen LogP contribution in [0.5, 0.6) is 5.75 Å². The molecule has 0 unspecified atom stereocenters. The summed E-state index contributed by atoms with van der Waals surface area (Å²) < 4.78 is 8.74. The Bertz CT molecular complexity index is 1520. The number of nitrogens with zero attached hydrogens (tertiary/aromatic N) is 4. The number of aromatic nitrogens is 2. The Morgan fingerprint density at radius 2 is 1.89 bits per heavy atom. The van der Waals surface area contributed by atoms with Gasteiger partial charge in [-0.25, -0.2) is 4.98 Å². The van der Waals surface area contributed by atoms with Crippen molar-refractivity contribution in [3.8, 4) is 5.75 Å². The van der Waals surface area contributed by atoms with Gasteiger partial charge in [-0.15, -0.1) is 0 Å². The Kier molecular flexibility index (Phi) is 7.95. The van der Waals surface area contributed by atoms with Crippen molar-refractivity contribution in [2.75, 3.05) is 0 Å². The lowest BCUT2D eigenvalue weighted by molar-refractivity contribution is -0.384. The van der Waals surface area contributed by atoms with E-state index in [4.69, 9.17) is 9.72 Å². The first-order valence-electron chi connectivity index (χ1n) is 11.2. The Balaban J connectivity index is 1.58. The molecule has 0 radical (unpaired) electrons. The quantitative estimate of drug-likeness (QED) is 0.124. The predicted molar refractivity (Wildman–Crippen MR) is 147 cm³/mol. The Morgan fingerprint density at radius 3 is 2.56 bits per heavy atom. The van der Waals surface area contributed by atoms with Gasteiger partial charge in [-0.05, 0) is 82.0 Å². The van der Waals surface area contributed by atoms with Crippen molar-refractivity contribution in [1.29, 1.82) is 0 Å². The second-order valence-electron chi connectivity index (χ2n) is 8.20. The molecule has 4 rings (SSSR count). The fourth-order valence-electron chi connectivity index (χ4n) is 3.49. The summed E-state index contributed by atoms with van der Waals surface area (Å²) in [6.07, 6.45) is 2.43. The predicted octanol–water partition coefficient (Wildman–Crippen LogP) is 6.80. The van der Waals surface area contributed by atoms with E-state index in [1.165, 1.54) is 16.8 Å². The topological polar surface area (TPSA) is 99.6 Å². The van der Waals surface area contributed by atoms with Crippen molar-refractivity contribution in [3.63, 3.8) is 0 Å². The molecule has 36 heavy (non-hydrogen) atoms. The minimum absolute atomic E-state index is 0.0356. The molecule has 8 nitrogen and oxygen atoms in total. The molecular weight excluding hydrogens is 592 g/mol. The molecule has 0 N–H and O–H groups in total. The van der Waals surface area contributed by atoms with E-state index in [0.717, 1.165) is 22.0 Å². The molecule has 0 bridgehead atoms. The van der Waals surface area contributed by atoms with E-state index < -0.39 is 4.92 Å². The zero-order valence-electron chi connectivity index (χ0n) is 19.5. The summed E-state index contributed by atoms with van der Waals surface area (Å²) in [7, 11) is 0. The van der Waals surface area contributed by atoms with Crippen molar-refractivity contribution in [3.05, 3.63) is 107 Å². The third-order valence-corrected chi connectivity index (χ3v) is 6.82. The van der Waals surface area contributed by atoms with Gasteiger partial charge in [0.05, 0.1) is 26.5 Å². The summed E-state index contributed by atoms with van der Waals surface area (Å²) in [5.41, 5.74) is 2.03. The fraction of sp³-hybridized carbons (Fsp3) is 0.192. The van der Waals surface area contributed by atoms with E-state index in [-0.39, 0.29) is 23.8 Å². The second kappa shape index (κ2) is 11.1. The molecule has 184 valence electrons. The fourth-order valence-corrected chi connectivity index (χ4v) is 4.36. The van der Waals surface area contributed by atoms with Crippen LogP contribution in [0, 0.1) is 10.1 Å². The molecule has 0 fully saturated rings. The maximum absolute atomic E-state index is 13.3. The third-order valence-electron chi connectivity index (χ3n) is 5.71. The van der Waals surface area contributed by atoms with Crippen LogP contribution in [0.3, 0.4) is 0 Å². The summed E-state index contributed by atoms with van der Waals surface area (Å²) in [6.45, 7) is 4.32. The zero-order valence-corrected chi connectivity index (χ0v) is 22.7. The molecule has 0 amide bonds. The number of nitro benzene ring substituents is 1. The van der Waals surface area contributed by atoms with Gasteiger partial charge in [0.2, 0.25) is 0 Å². The van der Waals surface area contributed by atoms with Crippen LogP contribution in [0.1, 0.15) is 43.1 Å². The first kappa shape index (κ1) is 25.7. The molecule has 3 aromatic carbocycles. The Labute approximate surface area is 224 Å². The van der Waals surface area contributed by atoms with E-state index in [9.17, 15) is 14.9 Å². The molecule has 1 aromatic heterocycles. The monoisotopic (exact) mass is 612 g/mol. The molecule has 10 heteroatoms. The van der Waals surface area contributed by atoms with Crippen LogP contribution in [0.15, 0.2) is 79.5 Å². The van der Waals surface area contributed by atoms with Gasteiger partial charge in [-0.2, -0.15) is 9.78 Å². The van der Waals surface area contributed by atoms with Crippen molar-refractivity contribution < 1.29 is 9.66 Å². The molecule has 0 saturated carbocycles. The number of benzene rings is 3. The Morgan fingerprint density at radius 1 is 1.14 bits per heavy atom. The van der Waals surface area contributed by atoms with Gasteiger partial charge in [-0.1, -0.05) is 29.8 Å². The SMILES string of the molecule is CC[C@@H](C)c1nc2ccc(Br)cc2c(=O)n1N=Cc1ccc(OCc2ccc([N+](=O)[O-])cc2)c(Br)c1. The van der Waals surface area contributed by atoms with Gasteiger partial charge < -0.3 is 4.74 Å². The van der Waals surface area contributed by atoms with Crippen molar-refractivity contribution >= 4 is 54.7 Å². The van der Waals surface area contributed by atoms with Crippen molar-refractivity contribution in [1.82, 2.24) is 9.66 Å². The lowest BCUT2D eigenvalue weighted by atomic mass is 10.1. The average molecular weight is 614 g/mol. The summed E-state index contributed by atoms with van der Waals surface area (Å²) in [5.74, 6) is 1.26.